The molecule has 0 fully saturated rings. The van der Waals surface area contributed by atoms with Crippen molar-refractivity contribution in [2.45, 2.75) is 25.3 Å². The lowest BCUT2D eigenvalue weighted by molar-refractivity contribution is -0.114. The number of rotatable bonds is 4. The number of carbonyl (C=O) groups is 1. The van der Waals surface area contributed by atoms with E-state index in [2.05, 4.69) is 0 Å². The van der Waals surface area contributed by atoms with Gasteiger partial charge in [-0.25, -0.2) is 4.39 Å². The molecule has 1 rings (SSSR count). The maximum atomic E-state index is 13.9. The second-order valence-electron chi connectivity index (χ2n) is 4.36. The molecule has 18 heavy (non-hydrogen) atoms. The van der Waals surface area contributed by atoms with E-state index >= 15 is 0 Å². The van der Waals surface area contributed by atoms with Gasteiger partial charge in [0.2, 0.25) is 0 Å². The van der Waals surface area contributed by atoms with E-state index in [4.69, 9.17) is 11.0 Å². The Balaban J connectivity index is 3.42. The third kappa shape index (κ3) is 2.26. The van der Waals surface area contributed by atoms with E-state index in [-0.39, 0.29) is 5.56 Å². The predicted molar refractivity (Wildman–Crippen MR) is 64.3 cm³/mol. The van der Waals surface area contributed by atoms with Crippen LogP contribution >= 0.6 is 0 Å². The van der Waals surface area contributed by atoms with E-state index in [1.54, 1.807) is 13.8 Å². The molecule has 0 unspecified atom stereocenters. The molecule has 1 aromatic rings. The van der Waals surface area contributed by atoms with Crippen LogP contribution in [0.3, 0.4) is 0 Å². The molecule has 0 amide bonds. The fourth-order valence-corrected chi connectivity index (χ4v) is 1.89. The molecule has 1 aromatic carbocycles. The molecule has 0 bridgehead atoms. The van der Waals surface area contributed by atoms with E-state index in [1.807, 2.05) is 6.07 Å². The van der Waals surface area contributed by atoms with E-state index in [9.17, 15) is 14.3 Å². The number of nitrogens with two attached hydrogens (primary N) is 1. The van der Waals surface area contributed by atoms with Crippen LogP contribution in [0, 0.1) is 24.1 Å². The molecule has 3 N–H and O–H groups in total. The first-order valence-electron chi connectivity index (χ1n) is 5.46. The highest BCUT2D eigenvalue weighted by molar-refractivity contribution is 5.67. The molecule has 0 saturated heterocycles. The van der Waals surface area contributed by atoms with Crippen LogP contribution in [0.5, 0.6) is 0 Å². The lowest BCUT2D eigenvalue weighted by Gasteiger charge is -2.29. The third-order valence-electron chi connectivity index (χ3n) is 3.31. The van der Waals surface area contributed by atoms with Gasteiger partial charge in [0.15, 0.2) is 0 Å². The highest BCUT2D eigenvalue weighted by atomic mass is 19.1. The standard InChI is InChI=1S/C13H15FN2O2/c1-8-10(5-15)3-4-11(14)12(8)9(2)13(16,6-17)7-18/h3-4,6,9,18H,7,16H2,1-2H3/t9-,13+/m1/s1. The Labute approximate surface area is 105 Å². The molecule has 0 aromatic heterocycles. The highest BCUT2D eigenvalue weighted by Gasteiger charge is 2.35. The lowest BCUT2D eigenvalue weighted by Crippen LogP contribution is -2.50. The number of nitriles is 1. The van der Waals surface area contributed by atoms with Crippen LogP contribution in [0.25, 0.3) is 0 Å². The summed E-state index contributed by atoms with van der Waals surface area (Å²) in [7, 11) is 0. The van der Waals surface area contributed by atoms with Crippen molar-refractivity contribution >= 4 is 6.29 Å². The zero-order valence-electron chi connectivity index (χ0n) is 10.3. The van der Waals surface area contributed by atoms with Gasteiger partial charge < -0.3 is 15.6 Å². The molecule has 0 aliphatic heterocycles. The molecule has 0 radical (unpaired) electrons. The summed E-state index contributed by atoms with van der Waals surface area (Å²) in [6, 6.07) is 4.49. The SMILES string of the molecule is Cc1c(C#N)ccc(F)c1[C@@H](C)[C@](N)(C=O)CO. The molecule has 0 aliphatic rings. The van der Waals surface area contributed by atoms with Gasteiger partial charge in [0, 0.05) is 5.92 Å². The number of hydrogen-bond donors (Lipinski definition) is 2. The van der Waals surface area contributed by atoms with Crippen LogP contribution in [0.2, 0.25) is 0 Å². The number of nitrogens with zero attached hydrogens (tertiary/aromatic N) is 1. The molecule has 0 aliphatic carbocycles. The first-order valence-corrected chi connectivity index (χ1v) is 5.46. The van der Waals surface area contributed by atoms with Crippen LogP contribution in [-0.4, -0.2) is 23.5 Å². The largest absolute Gasteiger partial charge is 0.394 e. The molecule has 5 heteroatoms. The van der Waals surface area contributed by atoms with Crippen molar-refractivity contribution in [2.24, 2.45) is 5.73 Å². The quantitative estimate of drug-likeness (QED) is 0.780. The van der Waals surface area contributed by atoms with Gasteiger partial charge >= 0.3 is 0 Å². The number of aliphatic hydroxyl groups excluding tert-OH is 1. The van der Waals surface area contributed by atoms with Crippen molar-refractivity contribution in [3.8, 4) is 6.07 Å². The van der Waals surface area contributed by atoms with E-state index in [0.717, 1.165) is 0 Å². The maximum absolute atomic E-state index is 13.9. The summed E-state index contributed by atoms with van der Waals surface area (Å²) >= 11 is 0. The topological polar surface area (TPSA) is 87.1 Å². The van der Waals surface area contributed by atoms with Crippen molar-refractivity contribution in [3.63, 3.8) is 0 Å². The van der Waals surface area contributed by atoms with Crippen molar-refractivity contribution in [1.82, 2.24) is 0 Å². The Morgan fingerprint density at radius 3 is 2.72 bits per heavy atom. The number of benzene rings is 1. The Kier molecular flexibility index (Phi) is 4.17. The monoisotopic (exact) mass is 250 g/mol. The fraction of sp³-hybridized carbons (Fsp3) is 0.385. The van der Waals surface area contributed by atoms with E-state index < -0.39 is 23.9 Å². The Morgan fingerprint density at radius 2 is 2.28 bits per heavy atom. The van der Waals surface area contributed by atoms with Crippen molar-refractivity contribution < 1.29 is 14.3 Å². The van der Waals surface area contributed by atoms with Gasteiger partial charge in [-0.1, -0.05) is 6.92 Å². The van der Waals surface area contributed by atoms with Gasteiger partial charge in [0.25, 0.3) is 0 Å². The second-order valence-corrected chi connectivity index (χ2v) is 4.36. The normalized spacial score (nSPS) is 15.6. The summed E-state index contributed by atoms with van der Waals surface area (Å²) < 4.78 is 13.9. The highest BCUT2D eigenvalue weighted by Crippen LogP contribution is 2.31. The number of aliphatic hydroxyl groups is 1. The predicted octanol–water partition coefficient (Wildman–Crippen LogP) is 0.998. The molecule has 0 spiro atoms. The Morgan fingerprint density at radius 1 is 1.67 bits per heavy atom. The van der Waals surface area contributed by atoms with Gasteiger partial charge in [-0.2, -0.15) is 5.26 Å². The van der Waals surface area contributed by atoms with Gasteiger partial charge in [0.05, 0.1) is 18.2 Å². The first kappa shape index (κ1) is 14.3. The number of carbonyl (C=O) groups excluding carboxylic acids is 1. The van der Waals surface area contributed by atoms with Crippen LogP contribution in [-0.2, 0) is 4.79 Å². The average molecular weight is 250 g/mol. The minimum Gasteiger partial charge on any atom is -0.394 e. The first-order chi connectivity index (χ1) is 8.41. The van der Waals surface area contributed by atoms with Crippen molar-refractivity contribution in [2.75, 3.05) is 6.61 Å². The van der Waals surface area contributed by atoms with E-state index in [0.29, 0.717) is 17.4 Å². The Hall–Kier alpha value is -1.77. The lowest BCUT2D eigenvalue weighted by atomic mass is 9.80. The Bertz CT molecular complexity index is 510. The van der Waals surface area contributed by atoms with Crippen molar-refractivity contribution in [1.29, 1.82) is 5.26 Å². The summed E-state index contributed by atoms with van der Waals surface area (Å²) in [4.78, 5) is 11.0. The number of hydrogen-bond acceptors (Lipinski definition) is 4. The summed E-state index contributed by atoms with van der Waals surface area (Å²) in [6.45, 7) is 2.56. The minimum absolute atomic E-state index is 0.192. The summed E-state index contributed by atoms with van der Waals surface area (Å²) in [5.74, 6) is -1.27. The van der Waals surface area contributed by atoms with Gasteiger partial charge in [-0.05, 0) is 30.2 Å². The molecule has 0 heterocycles. The van der Waals surface area contributed by atoms with Gasteiger partial charge in [0.1, 0.15) is 17.6 Å². The minimum atomic E-state index is -1.56. The molecule has 96 valence electrons. The summed E-state index contributed by atoms with van der Waals surface area (Å²) in [5.41, 5.74) is 5.13. The van der Waals surface area contributed by atoms with Crippen molar-refractivity contribution in [3.05, 3.63) is 34.6 Å². The van der Waals surface area contributed by atoms with Crippen LogP contribution in [0.4, 0.5) is 4.39 Å². The van der Waals surface area contributed by atoms with Crippen LogP contribution in [0.15, 0.2) is 12.1 Å². The molecule has 4 nitrogen and oxygen atoms in total. The van der Waals surface area contributed by atoms with Gasteiger partial charge in [-0.15, -0.1) is 0 Å². The zero-order valence-corrected chi connectivity index (χ0v) is 10.3. The molecular formula is C13H15FN2O2. The zero-order chi connectivity index (χ0) is 13.9. The fourth-order valence-electron chi connectivity index (χ4n) is 1.89. The maximum Gasteiger partial charge on any atom is 0.142 e. The second kappa shape index (κ2) is 5.25. The third-order valence-corrected chi connectivity index (χ3v) is 3.31. The molecule has 0 saturated carbocycles. The molecule has 2 atom stereocenters. The smallest absolute Gasteiger partial charge is 0.142 e. The average Bonchev–Trinajstić information content (AvgIpc) is 2.38. The summed E-state index contributed by atoms with van der Waals surface area (Å²) in [6.07, 6.45) is 0.412. The van der Waals surface area contributed by atoms with Crippen LogP contribution < -0.4 is 5.73 Å². The van der Waals surface area contributed by atoms with E-state index in [1.165, 1.54) is 12.1 Å². The van der Waals surface area contributed by atoms with Gasteiger partial charge in [-0.3, -0.25) is 0 Å². The number of aldehydes is 1. The number of halogens is 1. The summed E-state index contributed by atoms with van der Waals surface area (Å²) in [5, 5.41) is 18.1. The van der Waals surface area contributed by atoms with Crippen LogP contribution in [0.1, 0.15) is 29.5 Å². The molecular weight excluding hydrogens is 235 g/mol.